The van der Waals surface area contributed by atoms with Gasteiger partial charge >= 0.3 is 0 Å². The number of hydrogen-bond donors (Lipinski definition) is 2. The summed E-state index contributed by atoms with van der Waals surface area (Å²) in [6.07, 6.45) is 18.1. The molecular weight excluding hydrogens is 464 g/mol. The SMILES string of the molecule is CCCCC(CC)c1c2nc(cc3ccc([nH]3)c(C(CC)CCCC)c3ccc(cc4nc1C=C4)[nH]3)C=C2. The zero-order valence-electron chi connectivity index (χ0n) is 23.5. The van der Waals surface area contributed by atoms with E-state index < -0.39 is 0 Å². The van der Waals surface area contributed by atoms with Gasteiger partial charge in [-0.05, 0) is 98.2 Å². The zero-order valence-corrected chi connectivity index (χ0v) is 23.5. The molecule has 5 heterocycles. The van der Waals surface area contributed by atoms with E-state index in [1.807, 2.05) is 0 Å². The summed E-state index contributed by atoms with van der Waals surface area (Å²) in [5.74, 6) is 0.935. The van der Waals surface area contributed by atoms with Crippen LogP contribution in [-0.2, 0) is 0 Å². The van der Waals surface area contributed by atoms with Crippen molar-refractivity contribution in [3.05, 3.63) is 70.3 Å². The van der Waals surface area contributed by atoms with E-state index in [0.29, 0.717) is 11.8 Å². The van der Waals surface area contributed by atoms with Crippen LogP contribution in [-0.4, -0.2) is 19.9 Å². The lowest BCUT2D eigenvalue weighted by Crippen LogP contribution is -2.03. The highest BCUT2D eigenvalue weighted by Crippen LogP contribution is 2.34. The molecule has 0 radical (unpaired) electrons. The Bertz CT molecular complexity index is 1390. The van der Waals surface area contributed by atoms with Crippen LogP contribution in [0.15, 0.2) is 36.4 Å². The molecule has 38 heavy (non-hydrogen) atoms. The number of aromatic nitrogens is 4. The number of nitrogens with one attached hydrogen (secondary N) is 2. The minimum absolute atomic E-state index is 0.444. The van der Waals surface area contributed by atoms with E-state index in [4.69, 9.17) is 9.97 Å². The van der Waals surface area contributed by atoms with Crippen LogP contribution >= 0.6 is 0 Å². The Labute approximate surface area is 227 Å². The molecule has 0 fully saturated rings. The van der Waals surface area contributed by atoms with Crippen LogP contribution in [0.2, 0.25) is 0 Å². The summed E-state index contributed by atoms with van der Waals surface area (Å²) in [5, 5.41) is 0. The first-order valence-corrected chi connectivity index (χ1v) is 14.7. The van der Waals surface area contributed by atoms with Crippen molar-refractivity contribution in [1.29, 1.82) is 0 Å². The predicted octanol–water partition coefficient (Wildman–Crippen LogP) is 10.0. The van der Waals surface area contributed by atoms with Gasteiger partial charge in [0.15, 0.2) is 0 Å². The van der Waals surface area contributed by atoms with E-state index in [2.05, 4.69) is 98.4 Å². The summed E-state index contributed by atoms with van der Waals surface area (Å²) < 4.78 is 0. The predicted molar refractivity (Wildman–Crippen MR) is 164 cm³/mol. The summed E-state index contributed by atoms with van der Waals surface area (Å²) >= 11 is 0. The largest absolute Gasteiger partial charge is 0.355 e. The van der Waals surface area contributed by atoms with Gasteiger partial charge in [0, 0.05) is 33.2 Å². The monoisotopic (exact) mass is 506 g/mol. The van der Waals surface area contributed by atoms with Gasteiger partial charge in [-0.15, -0.1) is 0 Å². The molecular formula is C34H42N4. The highest BCUT2D eigenvalue weighted by Gasteiger charge is 2.20. The van der Waals surface area contributed by atoms with Crippen LogP contribution in [0.5, 0.6) is 0 Å². The third-order valence-electron chi connectivity index (χ3n) is 8.09. The molecule has 5 rings (SSSR count). The minimum atomic E-state index is 0.444. The lowest BCUT2D eigenvalue weighted by Gasteiger charge is -2.16. The van der Waals surface area contributed by atoms with E-state index in [1.165, 1.54) is 54.3 Å². The van der Waals surface area contributed by atoms with E-state index in [-0.39, 0.29) is 0 Å². The lowest BCUT2D eigenvalue weighted by molar-refractivity contribution is 0.566. The second kappa shape index (κ2) is 12.0. The van der Waals surface area contributed by atoms with Gasteiger partial charge in [0.2, 0.25) is 0 Å². The van der Waals surface area contributed by atoms with Crippen molar-refractivity contribution < 1.29 is 0 Å². The Hall–Kier alpha value is -3.40. The standard InChI is InChI=1S/C34H42N4/c1-5-9-11-23(7-3)33-29-17-13-25(35-29)21-27-15-19-31(37-27)34(24(8-4)12-10-6-2)32-20-16-28(38-32)22-26-14-18-30(33)36-26/h13-24,35-36H,5-12H2,1-4H3. The molecule has 198 valence electrons. The Morgan fingerprint density at radius 2 is 1.08 bits per heavy atom. The molecule has 3 aromatic heterocycles. The number of H-pyrrole nitrogens is 2. The van der Waals surface area contributed by atoms with Crippen LogP contribution < -0.4 is 0 Å². The molecule has 2 aliphatic heterocycles. The molecule has 2 unspecified atom stereocenters. The number of fused-ring (bicyclic) bond motifs is 8. The second-order valence-electron chi connectivity index (χ2n) is 10.8. The van der Waals surface area contributed by atoms with Crippen LogP contribution in [0.3, 0.4) is 0 Å². The first-order chi connectivity index (χ1) is 18.6. The highest BCUT2D eigenvalue weighted by molar-refractivity contribution is 5.81. The van der Waals surface area contributed by atoms with Gasteiger partial charge in [-0.2, -0.15) is 0 Å². The molecule has 0 spiro atoms. The van der Waals surface area contributed by atoms with Crippen LogP contribution in [0.1, 0.15) is 125 Å². The molecule has 3 aromatic rings. The topological polar surface area (TPSA) is 57.4 Å². The van der Waals surface area contributed by atoms with E-state index >= 15 is 0 Å². The lowest BCUT2D eigenvalue weighted by atomic mass is 9.89. The molecule has 0 saturated carbocycles. The Balaban J connectivity index is 1.79. The van der Waals surface area contributed by atoms with Crippen molar-refractivity contribution in [2.24, 2.45) is 0 Å². The third-order valence-corrected chi connectivity index (χ3v) is 8.09. The van der Waals surface area contributed by atoms with Crippen molar-refractivity contribution in [3.8, 4) is 0 Å². The van der Waals surface area contributed by atoms with Crippen LogP contribution in [0.25, 0.3) is 46.4 Å². The third kappa shape index (κ3) is 5.55. The number of nitrogens with zero attached hydrogens (tertiary/aromatic N) is 2. The zero-order chi connectivity index (χ0) is 26.5. The van der Waals surface area contributed by atoms with Gasteiger partial charge in [0.05, 0.1) is 22.8 Å². The molecule has 2 atom stereocenters. The van der Waals surface area contributed by atoms with Gasteiger partial charge in [-0.1, -0.05) is 53.4 Å². The van der Waals surface area contributed by atoms with Crippen molar-refractivity contribution in [3.63, 3.8) is 0 Å². The fraction of sp³-hybridized carbons (Fsp3) is 0.412. The van der Waals surface area contributed by atoms with Gasteiger partial charge in [0.25, 0.3) is 0 Å². The maximum atomic E-state index is 5.11. The number of hydrogen-bond acceptors (Lipinski definition) is 2. The van der Waals surface area contributed by atoms with Crippen LogP contribution in [0, 0.1) is 0 Å². The van der Waals surface area contributed by atoms with Gasteiger partial charge in [-0.25, -0.2) is 9.97 Å². The van der Waals surface area contributed by atoms with Gasteiger partial charge < -0.3 is 9.97 Å². The van der Waals surface area contributed by atoms with Crippen molar-refractivity contribution in [2.45, 2.75) is 90.9 Å². The second-order valence-corrected chi connectivity index (χ2v) is 10.8. The molecule has 8 bridgehead atoms. The summed E-state index contributed by atoms with van der Waals surface area (Å²) in [6, 6.07) is 13.2. The van der Waals surface area contributed by atoms with E-state index in [9.17, 15) is 0 Å². The van der Waals surface area contributed by atoms with Crippen molar-refractivity contribution >= 4 is 46.4 Å². The first kappa shape index (κ1) is 26.2. The average molecular weight is 507 g/mol. The molecule has 0 aliphatic carbocycles. The Kier molecular flexibility index (Phi) is 8.26. The highest BCUT2D eigenvalue weighted by atomic mass is 14.8. The van der Waals surface area contributed by atoms with Gasteiger partial charge in [-0.3, -0.25) is 0 Å². The molecule has 4 nitrogen and oxygen atoms in total. The molecule has 2 aliphatic rings. The summed E-state index contributed by atoms with van der Waals surface area (Å²) in [4.78, 5) is 17.7. The minimum Gasteiger partial charge on any atom is -0.355 e. The fourth-order valence-electron chi connectivity index (χ4n) is 5.98. The normalized spacial score (nSPS) is 14.2. The number of rotatable bonds is 10. The van der Waals surface area contributed by atoms with E-state index in [0.717, 1.165) is 53.1 Å². The Morgan fingerprint density at radius 3 is 1.53 bits per heavy atom. The van der Waals surface area contributed by atoms with E-state index in [1.54, 1.807) is 0 Å². The summed E-state index contributed by atoms with van der Waals surface area (Å²) in [5.41, 5.74) is 11.3. The summed E-state index contributed by atoms with van der Waals surface area (Å²) in [6.45, 7) is 9.14. The molecule has 0 aromatic carbocycles. The van der Waals surface area contributed by atoms with Crippen LogP contribution in [0.4, 0.5) is 0 Å². The molecule has 2 N–H and O–H groups in total. The molecule has 0 amide bonds. The van der Waals surface area contributed by atoms with Crippen molar-refractivity contribution in [2.75, 3.05) is 0 Å². The fourth-order valence-corrected chi connectivity index (χ4v) is 5.98. The first-order valence-electron chi connectivity index (χ1n) is 14.7. The maximum absolute atomic E-state index is 5.11. The van der Waals surface area contributed by atoms with Crippen molar-refractivity contribution in [1.82, 2.24) is 19.9 Å². The quantitative estimate of drug-likeness (QED) is 0.198. The Morgan fingerprint density at radius 1 is 0.605 bits per heavy atom. The maximum Gasteiger partial charge on any atom is 0.0694 e. The molecule has 4 heteroatoms. The number of unbranched alkanes of at least 4 members (excludes halogenated alkanes) is 2. The molecule has 0 saturated heterocycles. The van der Waals surface area contributed by atoms with Gasteiger partial charge in [0.1, 0.15) is 0 Å². The average Bonchev–Trinajstić information content (AvgIpc) is 3.74. The smallest absolute Gasteiger partial charge is 0.0694 e. The summed E-state index contributed by atoms with van der Waals surface area (Å²) in [7, 11) is 0. The number of aromatic amines is 2.